The molecule has 1 N–H and O–H groups in total. The molecule has 40 heavy (non-hydrogen) atoms. The average Bonchev–Trinajstić information content (AvgIpc) is 3.57. The van der Waals surface area contributed by atoms with Gasteiger partial charge in [-0.3, -0.25) is 4.79 Å². The molecule has 1 fully saturated rings. The van der Waals surface area contributed by atoms with Crippen LogP contribution in [-0.2, 0) is 6.54 Å². The predicted molar refractivity (Wildman–Crippen MR) is 167 cm³/mol. The molecule has 0 radical (unpaired) electrons. The van der Waals surface area contributed by atoms with Gasteiger partial charge in [0.1, 0.15) is 5.82 Å². The van der Waals surface area contributed by atoms with Crippen LogP contribution in [0.15, 0.2) is 48.7 Å². The number of aryl methyl sites for hydroxylation is 1. The highest BCUT2D eigenvalue weighted by Crippen LogP contribution is 2.29. The van der Waals surface area contributed by atoms with Crippen molar-refractivity contribution in [3.05, 3.63) is 54.2 Å². The van der Waals surface area contributed by atoms with Gasteiger partial charge < -0.3 is 19.4 Å². The van der Waals surface area contributed by atoms with E-state index in [2.05, 4.69) is 77.4 Å². The van der Waals surface area contributed by atoms with Crippen LogP contribution in [0.4, 0.5) is 0 Å². The maximum atomic E-state index is 13.8. The Morgan fingerprint density at radius 1 is 0.925 bits per heavy atom. The maximum absolute atomic E-state index is 13.8. The number of benzene rings is 2. The lowest BCUT2D eigenvalue weighted by Crippen LogP contribution is -2.34. The van der Waals surface area contributed by atoms with Gasteiger partial charge >= 0.3 is 0 Å². The van der Waals surface area contributed by atoms with Gasteiger partial charge in [-0.25, -0.2) is 4.98 Å². The summed E-state index contributed by atoms with van der Waals surface area (Å²) in [4.78, 5) is 26.9. The van der Waals surface area contributed by atoms with E-state index in [1.807, 2.05) is 18.3 Å². The van der Waals surface area contributed by atoms with Crippen molar-refractivity contribution < 1.29 is 4.79 Å². The van der Waals surface area contributed by atoms with Crippen LogP contribution in [-0.4, -0.2) is 63.0 Å². The Balaban J connectivity index is 1.47. The molecule has 6 heteroatoms. The molecule has 0 atom stereocenters. The van der Waals surface area contributed by atoms with Crippen LogP contribution in [0.1, 0.15) is 76.6 Å². The summed E-state index contributed by atoms with van der Waals surface area (Å²) in [5.74, 6) is 2.26. The van der Waals surface area contributed by atoms with E-state index < -0.39 is 0 Å². The molecule has 2 aromatic carbocycles. The number of aromatic nitrogens is 3. The average molecular weight is 542 g/mol. The number of hydrogen-bond acceptors (Lipinski definition) is 3. The fraction of sp³-hybridized carbons (Fsp3) is 0.529. The lowest BCUT2D eigenvalue weighted by atomic mass is 10.1. The fourth-order valence-corrected chi connectivity index (χ4v) is 5.86. The van der Waals surface area contributed by atoms with Gasteiger partial charge in [0.25, 0.3) is 5.91 Å². The largest absolute Gasteiger partial charge is 0.361 e. The second kappa shape index (κ2) is 13.0. The van der Waals surface area contributed by atoms with Crippen molar-refractivity contribution in [2.75, 3.05) is 32.7 Å². The molecule has 0 aliphatic carbocycles. The third-order valence-corrected chi connectivity index (χ3v) is 8.35. The number of piperidine rings is 1. The minimum atomic E-state index is 0.138. The maximum Gasteiger partial charge on any atom is 0.253 e. The lowest BCUT2D eigenvalue weighted by molar-refractivity contribution is 0.0741. The number of fused-ring (bicyclic) bond motifs is 2. The van der Waals surface area contributed by atoms with Crippen LogP contribution in [0, 0.1) is 11.8 Å². The van der Waals surface area contributed by atoms with Crippen LogP contribution in [0.2, 0.25) is 0 Å². The number of imidazole rings is 1. The highest BCUT2D eigenvalue weighted by atomic mass is 16.2. The third-order valence-electron chi connectivity index (χ3n) is 8.35. The standard InChI is InChI=1S/C34H47N5O/c1-25(2)14-21-38(22-15-26(3)4)34(40)29-10-12-31-32(24-29)39(20-8-19-37-17-6-5-7-18-37)33(36-31)28-9-11-30-27(23-28)13-16-35-30/h9-13,16,23-26,35H,5-8,14-15,17-22H2,1-4H3. The normalized spacial score (nSPS) is 14.7. The van der Waals surface area contributed by atoms with Gasteiger partial charge in [-0.2, -0.15) is 0 Å². The molecule has 1 aliphatic rings. The van der Waals surface area contributed by atoms with Crippen LogP contribution in [0.5, 0.6) is 0 Å². The number of carbonyl (C=O) groups excluding carboxylic acids is 1. The molecule has 214 valence electrons. The van der Waals surface area contributed by atoms with E-state index in [9.17, 15) is 4.79 Å². The van der Waals surface area contributed by atoms with Crippen molar-refractivity contribution in [2.24, 2.45) is 11.8 Å². The molecule has 0 bridgehead atoms. The minimum absolute atomic E-state index is 0.138. The number of aromatic amines is 1. The first-order chi connectivity index (χ1) is 19.4. The Bertz CT molecular complexity index is 1400. The van der Waals surface area contributed by atoms with E-state index in [1.54, 1.807) is 0 Å². The fourth-order valence-electron chi connectivity index (χ4n) is 5.86. The molecular weight excluding hydrogens is 494 g/mol. The summed E-state index contributed by atoms with van der Waals surface area (Å²) < 4.78 is 2.36. The lowest BCUT2D eigenvalue weighted by Gasteiger charge is -2.26. The summed E-state index contributed by atoms with van der Waals surface area (Å²) in [6.07, 6.45) is 9.07. The van der Waals surface area contributed by atoms with Gasteiger partial charge in [-0.1, -0.05) is 34.1 Å². The van der Waals surface area contributed by atoms with Gasteiger partial charge in [0.05, 0.1) is 11.0 Å². The van der Waals surface area contributed by atoms with Crippen LogP contribution >= 0.6 is 0 Å². The first kappa shape index (κ1) is 28.4. The number of H-pyrrole nitrogens is 1. The topological polar surface area (TPSA) is 57.2 Å². The molecular formula is C34H47N5O. The van der Waals surface area contributed by atoms with Gasteiger partial charge in [-0.05, 0) is 106 Å². The Morgan fingerprint density at radius 3 is 2.40 bits per heavy atom. The molecule has 0 spiro atoms. The van der Waals surface area contributed by atoms with E-state index >= 15 is 0 Å². The van der Waals surface area contributed by atoms with Crippen molar-refractivity contribution in [1.82, 2.24) is 24.3 Å². The van der Waals surface area contributed by atoms with Crippen molar-refractivity contribution in [3.8, 4) is 11.4 Å². The molecule has 1 aliphatic heterocycles. The zero-order chi connectivity index (χ0) is 28.1. The Morgan fingerprint density at radius 2 is 1.68 bits per heavy atom. The molecule has 0 saturated carbocycles. The van der Waals surface area contributed by atoms with Crippen molar-refractivity contribution >= 4 is 27.8 Å². The van der Waals surface area contributed by atoms with Crippen LogP contribution in [0.25, 0.3) is 33.3 Å². The number of amides is 1. The van der Waals surface area contributed by atoms with E-state index in [1.165, 1.54) is 37.7 Å². The second-order valence-electron chi connectivity index (χ2n) is 12.5. The van der Waals surface area contributed by atoms with E-state index in [4.69, 9.17) is 4.98 Å². The zero-order valence-electron chi connectivity index (χ0n) is 25.0. The second-order valence-corrected chi connectivity index (χ2v) is 12.5. The summed E-state index contributed by atoms with van der Waals surface area (Å²) in [5, 5.41) is 1.19. The number of likely N-dealkylation sites (tertiary alicyclic amines) is 1. The molecule has 5 rings (SSSR count). The van der Waals surface area contributed by atoms with Crippen LogP contribution in [0.3, 0.4) is 0 Å². The monoisotopic (exact) mass is 541 g/mol. The summed E-state index contributed by atoms with van der Waals surface area (Å²) in [7, 11) is 0. The Kier molecular flexibility index (Phi) is 9.25. The van der Waals surface area contributed by atoms with Gasteiger partial charge in [0.15, 0.2) is 0 Å². The van der Waals surface area contributed by atoms with E-state index in [-0.39, 0.29) is 5.91 Å². The summed E-state index contributed by atoms with van der Waals surface area (Å²) >= 11 is 0. The predicted octanol–water partition coefficient (Wildman–Crippen LogP) is 7.60. The number of nitrogens with one attached hydrogen (secondary N) is 1. The minimum Gasteiger partial charge on any atom is -0.361 e. The van der Waals surface area contributed by atoms with Crippen molar-refractivity contribution in [1.29, 1.82) is 0 Å². The van der Waals surface area contributed by atoms with E-state index in [0.717, 1.165) is 78.9 Å². The van der Waals surface area contributed by atoms with Crippen molar-refractivity contribution in [2.45, 2.75) is 72.8 Å². The van der Waals surface area contributed by atoms with Gasteiger partial charge in [0, 0.05) is 47.9 Å². The zero-order valence-corrected chi connectivity index (χ0v) is 25.0. The summed E-state index contributed by atoms with van der Waals surface area (Å²) in [6, 6.07) is 14.8. The quantitative estimate of drug-likeness (QED) is 0.201. The van der Waals surface area contributed by atoms with Crippen molar-refractivity contribution in [3.63, 3.8) is 0 Å². The SMILES string of the molecule is CC(C)CCN(CCC(C)C)C(=O)c1ccc2nc(-c3ccc4[nH]ccc4c3)n(CCCN3CCCCC3)c2c1. The summed E-state index contributed by atoms with van der Waals surface area (Å²) in [5.41, 5.74) is 5.03. The van der Waals surface area contributed by atoms with E-state index in [0.29, 0.717) is 11.8 Å². The molecule has 1 amide bonds. The number of carbonyl (C=O) groups is 1. The highest BCUT2D eigenvalue weighted by Gasteiger charge is 2.20. The number of nitrogens with zero attached hydrogens (tertiary/aromatic N) is 4. The molecule has 3 heterocycles. The summed E-state index contributed by atoms with van der Waals surface area (Å²) in [6.45, 7) is 14.9. The van der Waals surface area contributed by atoms with Crippen LogP contribution < -0.4 is 0 Å². The molecule has 2 aromatic heterocycles. The Labute approximate surface area is 239 Å². The molecule has 4 aromatic rings. The Hall–Kier alpha value is -3.12. The molecule has 6 nitrogen and oxygen atoms in total. The third kappa shape index (κ3) is 6.77. The first-order valence-corrected chi connectivity index (χ1v) is 15.5. The number of hydrogen-bond donors (Lipinski definition) is 1. The first-order valence-electron chi connectivity index (χ1n) is 15.5. The smallest absolute Gasteiger partial charge is 0.253 e. The molecule has 0 unspecified atom stereocenters. The highest BCUT2D eigenvalue weighted by molar-refractivity contribution is 5.98. The number of rotatable bonds is 12. The van der Waals surface area contributed by atoms with Gasteiger partial charge in [-0.15, -0.1) is 0 Å². The van der Waals surface area contributed by atoms with Gasteiger partial charge in [0.2, 0.25) is 0 Å². The molecule has 1 saturated heterocycles.